The van der Waals surface area contributed by atoms with E-state index in [0.29, 0.717) is 18.8 Å². The second-order valence-corrected chi connectivity index (χ2v) is 12.3. The molecule has 3 aromatic rings. The Bertz CT molecular complexity index is 1230. The van der Waals surface area contributed by atoms with Crippen molar-refractivity contribution in [2.75, 3.05) is 6.54 Å². The lowest BCUT2D eigenvalue weighted by atomic mass is 9.49. The summed E-state index contributed by atoms with van der Waals surface area (Å²) in [5.41, 5.74) is 4.44. The zero-order valence-corrected chi connectivity index (χ0v) is 21.8. The van der Waals surface area contributed by atoms with Crippen LogP contribution in [-0.2, 0) is 22.0 Å². The molecular formula is C23H28B3FN3OPS. The molecule has 4 rings (SSSR count). The van der Waals surface area contributed by atoms with Crippen molar-refractivity contribution in [1.82, 2.24) is 14.7 Å². The van der Waals surface area contributed by atoms with Crippen molar-refractivity contribution in [2.24, 2.45) is 0 Å². The fourth-order valence-electron chi connectivity index (χ4n) is 4.44. The third-order valence-corrected chi connectivity index (χ3v) is 7.38. The average Bonchev–Trinajstić information content (AvgIpc) is 3.35. The molecule has 0 N–H and O–H groups in total. The Morgan fingerprint density at radius 2 is 2.00 bits per heavy atom. The number of alkyl halides is 1. The summed E-state index contributed by atoms with van der Waals surface area (Å²) in [4.78, 5) is 16.8. The highest BCUT2D eigenvalue weighted by molar-refractivity contribution is 7.18. The molecule has 10 heteroatoms. The number of rotatable bonds is 5. The largest absolute Gasteiger partial charge is 0.333 e. The van der Waals surface area contributed by atoms with Gasteiger partial charge in [0.1, 0.15) is 29.2 Å². The Balaban J connectivity index is 1.91. The molecule has 0 saturated carbocycles. The molecular weight excluding hydrogens is 449 g/mol. The molecule has 0 spiro atoms. The van der Waals surface area contributed by atoms with E-state index in [1.165, 1.54) is 28.3 Å². The number of benzene rings is 1. The van der Waals surface area contributed by atoms with Crippen LogP contribution in [0.5, 0.6) is 0 Å². The van der Waals surface area contributed by atoms with Gasteiger partial charge in [0.15, 0.2) is 5.41 Å². The molecule has 0 fully saturated rings. The quantitative estimate of drug-likeness (QED) is 0.321. The van der Waals surface area contributed by atoms with E-state index in [-0.39, 0.29) is 17.1 Å². The Kier molecular flexibility index (Phi) is 6.26. The number of nitrogens with zero attached hydrogens (tertiary/aromatic N) is 3. The van der Waals surface area contributed by atoms with Crippen molar-refractivity contribution in [3.63, 3.8) is 0 Å². The number of fused-ring (bicyclic) bond motifs is 1. The number of hydrogen-bond donors (Lipinski definition) is 0. The predicted octanol–water partition coefficient (Wildman–Crippen LogP) is 2.06. The van der Waals surface area contributed by atoms with Crippen LogP contribution in [0, 0.1) is 6.92 Å². The van der Waals surface area contributed by atoms with Crippen LogP contribution in [0.3, 0.4) is 0 Å². The summed E-state index contributed by atoms with van der Waals surface area (Å²) in [6.45, 7) is 8.45. The lowest BCUT2D eigenvalue weighted by molar-refractivity contribution is -0.127. The molecule has 0 radical (unpaired) electrons. The fourth-order valence-corrected chi connectivity index (χ4v) is 5.77. The molecule has 3 heterocycles. The van der Waals surface area contributed by atoms with Gasteiger partial charge >= 0.3 is 0 Å². The van der Waals surface area contributed by atoms with Crippen molar-refractivity contribution in [3.8, 4) is 11.1 Å². The lowest BCUT2D eigenvalue weighted by Crippen LogP contribution is -2.37. The van der Waals surface area contributed by atoms with Crippen molar-refractivity contribution in [2.45, 2.75) is 37.0 Å². The number of halogens is 1. The van der Waals surface area contributed by atoms with Gasteiger partial charge in [-0.25, -0.2) is 4.39 Å². The fraction of sp³-hybridized carbons (Fsp3) is 0.304. The molecule has 1 aromatic carbocycles. The summed E-state index contributed by atoms with van der Waals surface area (Å²) in [6.07, 6.45) is 3.33. The van der Waals surface area contributed by atoms with Crippen LogP contribution in [0.2, 0.25) is 0 Å². The molecule has 168 valence electrons. The van der Waals surface area contributed by atoms with Crippen LogP contribution in [0.25, 0.3) is 11.1 Å². The highest BCUT2D eigenvalue weighted by Crippen LogP contribution is 2.44. The molecule has 1 aliphatic rings. The third-order valence-electron chi connectivity index (χ3n) is 6.06. The van der Waals surface area contributed by atoms with Gasteiger partial charge in [-0.3, -0.25) is 9.48 Å². The number of aromatic nitrogens is 2. The van der Waals surface area contributed by atoms with E-state index in [1.54, 1.807) is 11.3 Å². The monoisotopic (exact) mass is 477 g/mol. The number of carbonyl (C=O) groups excluding carboxylic acids is 1. The van der Waals surface area contributed by atoms with Crippen LogP contribution in [0.1, 0.15) is 39.4 Å². The molecule has 0 aliphatic carbocycles. The van der Waals surface area contributed by atoms with E-state index in [4.69, 9.17) is 0 Å². The smallest absolute Gasteiger partial charge is 0.246 e. The topological polar surface area (TPSA) is 38.1 Å². The van der Waals surface area contributed by atoms with E-state index in [2.05, 4.69) is 63.5 Å². The molecule has 4 nitrogen and oxygen atoms in total. The Morgan fingerprint density at radius 1 is 1.30 bits per heavy atom. The second-order valence-electron chi connectivity index (χ2n) is 9.88. The maximum absolute atomic E-state index is 15.3. The standard InChI is InChI=1S/C23H28B3FN3OPS/c1-4-20(31)29-10-17(16-9-13(2)33-19(16)12-29)14-7-5-6-8-15(14)18-11-30(23(24,25)26)28-21(18)22(3,27)32/h4-9,11,17H,1,10,12,24-26,32H2,2-3H3/t17-,22?/m0/s1. The van der Waals surface area contributed by atoms with Crippen molar-refractivity contribution >= 4 is 50.0 Å². The average molecular weight is 477 g/mol. The van der Waals surface area contributed by atoms with Gasteiger partial charge in [-0.05, 0) is 47.9 Å². The normalized spacial score (nSPS) is 17.9. The molecule has 0 saturated heterocycles. The molecule has 3 atom stereocenters. The van der Waals surface area contributed by atoms with Gasteiger partial charge in [0.25, 0.3) is 0 Å². The van der Waals surface area contributed by atoms with Crippen LogP contribution >= 0.6 is 20.6 Å². The van der Waals surface area contributed by atoms with Gasteiger partial charge < -0.3 is 4.90 Å². The van der Waals surface area contributed by atoms with E-state index in [1.807, 2.05) is 34.0 Å². The Morgan fingerprint density at radius 3 is 2.64 bits per heavy atom. The van der Waals surface area contributed by atoms with Crippen LogP contribution in [-0.4, -0.2) is 50.7 Å². The molecule has 33 heavy (non-hydrogen) atoms. The summed E-state index contributed by atoms with van der Waals surface area (Å²) in [6, 6.07) is 10.3. The molecule has 0 bridgehead atoms. The number of aryl methyl sites for hydroxylation is 1. The van der Waals surface area contributed by atoms with Crippen LogP contribution in [0.4, 0.5) is 4.39 Å². The molecule has 2 aromatic heterocycles. The Hall–Kier alpha value is -2.11. The number of thiophene rings is 1. The van der Waals surface area contributed by atoms with Crippen molar-refractivity contribution in [1.29, 1.82) is 0 Å². The molecule has 1 amide bonds. The first-order valence-electron chi connectivity index (χ1n) is 11.1. The van der Waals surface area contributed by atoms with Crippen molar-refractivity contribution < 1.29 is 9.18 Å². The van der Waals surface area contributed by atoms with Gasteiger partial charge in [-0.15, -0.1) is 11.3 Å². The molecule has 1 aliphatic heterocycles. The second kappa shape index (κ2) is 8.59. The number of amides is 1. The summed E-state index contributed by atoms with van der Waals surface area (Å²) in [5.74, 6) is -0.0864. The highest BCUT2D eigenvalue weighted by atomic mass is 32.1. The van der Waals surface area contributed by atoms with Gasteiger partial charge in [0.2, 0.25) is 5.91 Å². The summed E-state index contributed by atoms with van der Waals surface area (Å²) < 4.78 is 17.2. The van der Waals surface area contributed by atoms with Crippen molar-refractivity contribution in [3.05, 3.63) is 75.8 Å². The zero-order chi connectivity index (χ0) is 24.1. The zero-order valence-electron chi connectivity index (χ0n) is 19.9. The van der Waals surface area contributed by atoms with Crippen LogP contribution in [0.15, 0.2) is 49.2 Å². The molecule has 2 unspecified atom stereocenters. The van der Waals surface area contributed by atoms with E-state index in [0.717, 1.165) is 16.7 Å². The maximum Gasteiger partial charge on any atom is 0.246 e. The minimum atomic E-state index is -1.68. The van der Waals surface area contributed by atoms with E-state index < -0.39 is 5.41 Å². The summed E-state index contributed by atoms with van der Waals surface area (Å²) in [7, 11) is 8.45. The first kappa shape index (κ1) is 24.0. The minimum Gasteiger partial charge on any atom is -0.333 e. The van der Waals surface area contributed by atoms with E-state index >= 15 is 4.39 Å². The van der Waals surface area contributed by atoms with Gasteiger partial charge in [-0.2, -0.15) is 5.10 Å². The lowest BCUT2D eigenvalue weighted by Gasteiger charge is -2.33. The number of hydrogen-bond acceptors (Lipinski definition) is 3. The summed E-state index contributed by atoms with van der Waals surface area (Å²) >= 11 is 1.73. The minimum absolute atomic E-state index is 0.0139. The first-order valence-corrected chi connectivity index (χ1v) is 12.5. The van der Waals surface area contributed by atoms with Gasteiger partial charge in [-0.1, -0.05) is 40.1 Å². The maximum atomic E-state index is 15.3. The third kappa shape index (κ3) is 4.63. The first-order chi connectivity index (χ1) is 15.4. The SMILES string of the molecule is BC(B)(B)n1cc(-c2ccccc2[C@@H]2CN(C(=O)C=C)Cc3sc(C)cc32)c(C(C)(F)P)n1. The van der Waals surface area contributed by atoms with Gasteiger partial charge in [0, 0.05) is 34.0 Å². The Labute approximate surface area is 204 Å². The highest BCUT2D eigenvalue weighted by Gasteiger charge is 2.34. The van der Waals surface area contributed by atoms with Gasteiger partial charge in [0.05, 0.1) is 6.54 Å². The van der Waals surface area contributed by atoms with E-state index in [9.17, 15) is 4.79 Å². The predicted molar refractivity (Wildman–Crippen MR) is 146 cm³/mol. The number of carbonyl (C=O) groups is 1. The van der Waals surface area contributed by atoms with Crippen LogP contribution < -0.4 is 0 Å². The summed E-state index contributed by atoms with van der Waals surface area (Å²) in [5, 5.41) is 2.70.